The van der Waals surface area contributed by atoms with Gasteiger partial charge in [0.2, 0.25) is 0 Å². The number of halogens is 1. The van der Waals surface area contributed by atoms with Gasteiger partial charge in [-0.05, 0) is 60.1 Å². The lowest BCUT2D eigenvalue weighted by Crippen LogP contribution is -1.86. The van der Waals surface area contributed by atoms with Crippen molar-refractivity contribution in [3.05, 3.63) is 95.5 Å². The van der Waals surface area contributed by atoms with Gasteiger partial charge < -0.3 is 0 Å². The van der Waals surface area contributed by atoms with E-state index >= 15 is 0 Å². The highest BCUT2D eigenvalue weighted by Gasteiger charge is 2.12. The summed E-state index contributed by atoms with van der Waals surface area (Å²) >= 11 is 3.89. The lowest BCUT2D eigenvalue weighted by Gasteiger charge is -2.13. The maximum absolute atomic E-state index is 3.89. The fourth-order valence-corrected chi connectivity index (χ4v) is 4.55. The Hall–Kier alpha value is -2.64. The normalized spacial score (nSPS) is 11.4. The van der Waals surface area contributed by atoms with E-state index in [0.29, 0.717) is 0 Å². The Morgan fingerprint density at radius 1 is 0.480 bits per heavy atom. The number of hydrogen-bond donors (Lipinski definition) is 0. The van der Waals surface area contributed by atoms with E-state index in [9.17, 15) is 0 Å². The molecule has 0 amide bonds. The molecule has 0 aliphatic heterocycles. The molecule has 0 radical (unpaired) electrons. The third kappa shape index (κ3) is 2.27. The maximum atomic E-state index is 3.89. The van der Waals surface area contributed by atoms with Crippen molar-refractivity contribution in [1.82, 2.24) is 0 Å². The fraction of sp³-hybridized carbons (Fsp3) is 0. The summed E-state index contributed by atoms with van der Waals surface area (Å²) in [5, 5.41) is 7.61. The van der Waals surface area contributed by atoms with Crippen LogP contribution in [0.3, 0.4) is 0 Å². The van der Waals surface area contributed by atoms with E-state index in [4.69, 9.17) is 0 Å². The average Bonchev–Trinajstić information content (AvgIpc) is 2.67. The van der Waals surface area contributed by atoms with Crippen molar-refractivity contribution in [2.45, 2.75) is 0 Å². The maximum Gasteiger partial charge on any atom is 0.0338 e. The molecule has 1 heteroatoms. The number of hydrogen-bond acceptors (Lipinski definition) is 0. The second-order valence-electron chi connectivity index (χ2n) is 6.34. The first-order valence-electron chi connectivity index (χ1n) is 8.41. The Balaban J connectivity index is 1.95. The molecule has 0 aliphatic carbocycles. The smallest absolute Gasteiger partial charge is 0.0338 e. The van der Waals surface area contributed by atoms with Gasteiger partial charge in [-0.15, -0.1) is 0 Å². The molecule has 0 saturated heterocycles. The van der Waals surface area contributed by atoms with E-state index in [1.807, 2.05) is 0 Å². The zero-order chi connectivity index (χ0) is 16.8. The molecule has 0 saturated carbocycles. The van der Waals surface area contributed by atoms with Crippen LogP contribution in [-0.4, -0.2) is 0 Å². The van der Waals surface area contributed by atoms with Crippen molar-refractivity contribution in [3.63, 3.8) is 0 Å². The van der Waals surface area contributed by atoms with Crippen LogP contribution in [0.5, 0.6) is 0 Å². The molecule has 0 N–H and O–H groups in total. The Bertz CT molecular complexity index is 1250. The van der Waals surface area contributed by atoms with E-state index in [1.165, 1.54) is 47.9 Å². The molecule has 0 fully saturated rings. The Kier molecular flexibility index (Phi) is 3.36. The summed E-state index contributed by atoms with van der Waals surface area (Å²) in [6.45, 7) is 0. The van der Waals surface area contributed by atoms with Crippen LogP contribution in [0.4, 0.5) is 0 Å². The highest BCUT2D eigenvalue weighted by atomic mass is 79.9. The van der Waals surface area contributed by atoms with E-state index < -0.39 is 0 Å². The van der Waals surface area contributed by atoms with Crippen LogP contribution in [0.1, 0.15) is 0 Å². The molecule has 5 aromatic rings. The zero-order valence-corrected chi connectivity index (χ0v) is 15.1. The monoisotopic (exact) mass is 382 g/mol. The molecule has 118 valence electrons. The van der Waals surface area contributed by atoms with Crippen molar-refractivity contribution in [1.29, 1.82) is 0 Å². The lowest BCUT2D eigenvalue weighted by molar-refractivity contribution is 1.68. The van der Waals surface area contributed by atoms with Crippen molar-refractivity contribution in [2.75, 3.05) is 0 Å². The average molecular weight is 383 g/mol. The van der Waals surface area contributed by atoms with Gasteiger partial charge >= 0.3 is 0 Å². The van der Waals surface area contributed by atoms with Gasteiger partial charge in [-0.2, -0.15) is 0 Å². The Morgan fingerprint density at radius 2 is 1.08 bits per heavy atom. The van der Waals surface area contributed by atoms with Gasteiger partial charge in [-0.3, -0.25) is 0 Å². The van der Waals surface area contributed by atoms with Crippen molar-refractivity contribution in [3.8, 4) is 11.1 Å². The first-order chi connectivity index (χ1) is 12.3. The minimum atomic E-state index is 1.17. The summed E-state index contributed by atoms with van der Waals surface area (Å²) in [5.74, 6) is 0. The van der Waals surface area contributed by atoms with Gasteiger partial charge in [-0.25, -0.2) is 0 Å². The Morgan fingerprint density at radius 3 is 1.92 bits per heavy atom. The van der Waals surface area contributed by atoms with E-state index in [1.54, 1.807) is 0 Å². The topological polar surface area (TPSA) is 0 Å². The van der Waals surface area contributed by atoms with Crippen molar-refractivity contribution >= 4 is 48.2 Å². The quantitative estimate of drug-likeness (QED) is 0.262. The molecule has 0 heterocycles. The van der Waals surface area contributed by atoms with Gasteiger partial charge in [0.15, 0.2) is 0 Å². The van der Waals surface area contributed by atoms with E-state index in [0.717, 1.165) is 0 Å². The molecule has 0 nitrogen and oxygen atoms in total. The first-order valence-corrected chi connectivity index (χ1v) is 9.20. The molecule has 0 aliphatic rings. The molecule has 5 rings (SSSR count). The minimum absolute atomic E-state index is 1.17. The summed E-state index contributed by atoms with van der Waals surface area (Å²) in [6, 6.07) is 32.5. The van der Waals surface area contributed by atoms with Crippen LogP contribution < -0.4 is 0 Å². The second kappa shape index (κ2) is 5.72. The van der Waals surface area contributed by atoms with E-state index in [2.05, 4.69) is 107 Å². The number of rotatable bonds is 1. The van der Waals surface area contributed by atoms with Crippen LogP contribution in [0.2, 0.25) is 0 Å². The zero-order valence-electron chi connectivity index (χ0n) is 13.5. The highest BCUT2D eigenvalue weighted by molar-refractivity contribution is 9.10. The minimum Gasteiger partial charge on any atom is -0.0616 e. The molecule has 0 bridgehead atoms. The predicted molar refractivity (Wildman–Crippen MR) is 112 cm³/mol. The second-order valence-corrected chi connectivity index (χ2v) is 7.14. The molecule has 0 aromatic heterocycles. The van der Waals surface area contributed by atoms with Crippen molar-refractivity contribution in [2.24, 2.45) is 0 Å². The molecule has 25 heavy (non-hydrogen) atoms. The number of fused-ring (bicyclic) bond motifs is 3. The van der Waals surface area contributed by atoms with Gasteiger partial charge in [0.1, 0.15) is 0 Å². The summed E-state index contributed by atoms with van der Waals surface area (Å²) in [6.07, 6.45) is 0. The molecular weight excluding hydrogens is 368 g/mol. The van der Waals surface area contributed by atoms with Gasteiger partial charge in [0, 0.05) is 9.86 Å². The summed E-state index contributed by atoms with van der Waals surface area (Å²) in [7, 11) is 0. The first kappa shape index (κ1) is 14.7. The van der Waals surface area contributed by atoms with Crippen LogP contribution in [0.15, 0.2) is 95.5 Å². The van der Waals surface area contributed by atoms with E-state index in [-0.39, 0.29) is 0 Å². The summed E-state index contributed by atoms with van der Waals surface area (Å²) in [4.78, 5) is 0. The summed E-state index contributed by atoms with van der Waals surface area (Å²) < 4.78 is 1.17. The molecular formula is C24H15Br. The highest BCUT2D eigenvalue weighted by Crippen LogP contribution is 2.40. The van der Waals surface area contributed by atoms with Crippen LogP contribution in [0, 0.1) is 0 Å². The predicted octanol–water partition coefficient (Wildman–Crippen LogP) is 7.58. The van der Waals surface area contributed by atoms with Gasteiger partial charge in [0.05, 0.1) is 0 Å². The van der Waals surface area contributed by atoms with Crippen LogP contribution in [0.25, 0.3) is 43.4 Å². The van der Waals surface area contributed by atoms with Crippen LogP contribution in [-0.2, 0) is 0 Å². The SMILES string of the molecule is Brc1c2ccccc2cc2cccc(-c3cccc4ccccc34)c12. The number of benzene rings is 5. The molecule has 0 atom stereocenters. The fourth-order valence-electron chi connectivity index (χ4n) is 3.75. The lowest BCUT2D eigenvalue weighted by atomic mass is 9.92. The standard InChI is InChI=1S/C24H15Br/c25-24-20-12-4-2-8-17(20)15-18-10-6-14-22(23(18)24)21-13-5-9-16-7-1-3-11-19(16)21/h1-15H. The summed E-state index contributed by atoms with van der Waals surface area (Å²) in [5.41, 5.74) is 2.55. The largest absolute Gasteiger partial charge is 0.0616 e. The third-order valence-corrected chi connectivity index (χ3v) is 5.73. The molecule has 0 unspecified atom stereocenters. The van der Waals surface area contributed by atoms with Crippen LogP contribution >= 0.6 is 15.9 Å². The molecule has 0 spiro atoms. The Labute approximate surface area is 154 Å². The van der Waals surface area contributed by atoms with Gasteiger partial charge in [0.25, 0.3) is 0 Å². The van der Waals surface area contributed by atoms with Crippen molar-refractivity contribution < 1.29 is 0 Å². The molecule has 5 aromatic carbocycles. The van der Waals surface area contributed by atoms with Gasteiger partial charge in [-0.1, -0.05) is 84.9 Å². The third-order valence-electron chi connectivity index (χ3n) is 4.90.